The molecular formula is C32H24ClF3N4O5S. The van der Waals surface area contributed by atoms with Gasteiger partial charge in [-0.25, -0.2) is 0 Å². The first kappa shape index (κ1) is 33.7. The summed E-state index contributed by atoms with van der Waals surface area (Å²) >= 11 is 6.76. The van der Waals surface area contributed by atoms with Gasteiger partial charge in [0.25, 0.3) is 17.5 Å². The molecule has 0 radical (unpaired) electrons. The Morgan fingerprint density at radius 2 is 1.61 bits per heavy atom. The summed E-state index contributed by atoms with van der Waals surface area (Å²) in [7, 11) is 0. The number of carbonyl (C=O) groups is 3. The number of non-ortho nitro benzene ring substituents is 1. The summed E-state index contributed by atoms with van der Waals surface area (Å²) in [6.45, 7) is 1.51. The SMILES string of the molecule is CC(Sc1cccc(NC(=O)/C(=C\c2ccc([N+](=O)[O-])cc2)NC(=O)c2ccccc2)c1)C(=O)Nc1ccc(Cl)cc1C(F)(F)F. The third-order valence-corrected chi connectivity index (χ3v) is 7.59. The lowest BCUT2D eigenvalue weighted by atomic mass is 10.1. The van der Waals surface area contributed by atoms with Gasteiger partial charge in [-0.3, -0.25) is 24.5 Å². The van der Waals surface area contributed by atoms with Gasteiger partial charge in [-0.2, -0.15) is 13.2 Å². The maximum Gasteiger partial charge on any atom is 0.418 e. The lowest BCUT2D eigenvalue weighted by Gasteiger charge is -2.17. The minimum Gasteiger partial charge on any atom is -0.325 e. The van der Waals surface area contributed by atoms with Crippen LogP contribution in [-0.2, 0) is 15.8 Å². The molecule has 3 amide bonds. The van der Waals surface area contributed by atoms with E-state index < -0.39 is 45.3 Å². The van der Waals surface area contributed by atoms with Crippen LogP contribution >= 0.6 is 23.4 Å². The number of hydrogen-bond donors (Lipinski definition) is 3. The summed E-state index contributed by atoms with van der Waals surface area (Å²) in [6.07, 6.45) is -3.38. The molecule has 14 heteroatoms. The number of halogens is 4. The van der Waals surface area contributed by atoms with E-state index in [2.05, 4.69) is 16.0 Å². The first-order valence-corrected chi connectivity index (χ1v) is 14.6. The molecule has 4 aromatic carbocycles. The van der Waals surface area contributed by atoms with E-state index in [9.17, 15) is 37.7 Å². The number of nitrogens with zero attached hydrogens (tertiary/aromatic N) is 1. The topological polar surface area (TPSA) is 130 Å². The van der Waals surface area contributed by atoms with Crippen molar-refractivity contribution in [1.29, 1.82) is 0 Å². The van der Waals surface area contributed by atoms with Crippen molar-refractivity contribution < 1.29 is 32.5 Å². The van der Waals surface area contributed by atoms with Gasteiger partial charge in [-0.15, -0.1) is 11.8 Å². The zero-order chi connectivity index (χ0) is 33.4. The molecule has 4 aromatic rings. The van der Waals surface area contributed by atoms with E-state index in [4.69, 9.17) is 11.6 Å². The molecule has 0 aliphatic rings. The number of nitrogens with one attached hydrogen (secondary N) is 3. The molecule has 0 heterocycles. The molecule has 0 fully saturated rings. The molecule has 9 nitrogen and oxygen atoms in total. The van der Waals surface area contributed by atoms with Crippen molar-refractivity contribution >= 4 is 64.2 Å². The number of benzene rings is 4. The third-order valence-electron chi connectivity index (χ3n) is 6.26. The molecule has 0 spiro atoms. The Kier molecular flexibility index (Phi) is 10.8. The van der Waals surface area contributed by atoms with E-state index in [-0.39, 0.29) is 22.0 Å². The maximum absolute atomic E-state index is 13.5. The van der Waals surface area contributed by atoms with Crippen molar-refractivity contribution in [3.63, 3.8) is 0 Å². The Balaban J connectivity index is 1.50. The number of hydrogen-bond acceptors (Lipinski definition) is 6. The standard InChI is InChI=1S/C32H24ClF3N4O5S/c1-19(29(41)38-27-15-12-22(33)17-26(27)32(34,35)36)46-25-9-5-8-23(18-25)37-31(43)28(39-30(42)21-6-3-2-4-7-21)16-20-10-13-24(14-11-20)40(44)45/h2-19H,1H3,(H,37,43)(H,38,41)(H,39,42)/b28-16+. The van der Waals surface area contributed by atoms with Crippen LogP contribution in [0.25, 0.3) is 6.08 Å². The first-order chi connectivity index (χ1) is 21.8. The van der Waals surface area contributed by atoms with Crippen molar-refractivity contribution in [2.75, 3.05) is 10.6 Å². The van der Waals surface area contributed by atoms with Crippen LogP contribution in [0.5, 0.6) is 0 Å². The van der Waals surface area contributed by atoms with Gasteiger partial charge in [0.1, 0.15) is 5.70 Å². The van der Waals surface area contributed by atoms with Gasteiger partial charge in [0.05, 0.1) is 21.4 Å². The molecule has 3 N–H and O–H groups in total. The van der Waals surface area contributed by atoms with Crippen molar-refractivity contribution in [1.82, 2.24) is 5.32 Å². The maximum atomic E-state index is 13.5. The van der Waals surface area contributed by atoms with Crippen LogP contribution in [-0.4, -0.2) is 27.9 Å². The first-order valence-electron chi connectivity index (χ1n) is 13.4. The minimum atomic E-state index is -4.73. The van der Waals surface area contributed by atoms with E-state index >= 15 is 0 Å². The number of alkyl halides is 3. The lowest BCUT2D eigenvalue weighted by Crippen LogP contribution is -2.30. The number of thioether (sulfide) groups is 1. The van der Waals surface area contributed by atoms with Gasteiger partial charge >= 0.3 is 6.18 Å². The zero-order valence-corrected chi connectivity index (χ0v) is 25.4. The second-order valence-corrected chi connectivity index (χ2v) is 11.5. The summed E-state index contributed by atoms with van der Waals surface area (Å²) in [5.74, 6) is -1.97. The highest BCUT2D eigenvalue weighted by atomic mass is 35.5. The normalized spacial score (nSPS) is 12.2. The summed E-state index contributed by atoms with van der Waals surface area (Å²) in [5, 5.41) is 17.6. The van der Waals surface area contributed by atoms with Crippen LogP contribution < -0.4 is 16.0 Å². The van der Waals surface area contributed by atoms with E-state index in [1.807, 2.05) is 0 Å². The smallest absolute Gasteiger partial charge is 0.325 e. The fourth-order valence-electron chi connectivity index (χ4n) is 4.00. The van der Waals surface area contributed by atoms with Crippen molar-refractivity contribution in [2.24, 2.45) is 0 Å². The van der Waals surface area contributed by atoms with Crippen LogP contribution in [0.4, 0.5) is 30.2 Å². The number of nitro benzene ring substituents is 1. The predicted molar refractivity (Wildman–Crippen MR) is 170 cm³/mol. The fraction of sp³-hybridized carbons (Fsp3) is 0.0938. The Labute approximate surface area is 270 Å². The molecule has 0 bridgehead atoms. The average Bonchev–Trinajstić information content (AvgIpc) is 3.01. The molecule has 0 saturated carbocycles. The van der Waals surface area contributed by atoms with Gasteiger partial charge in [-0.05, 0) is 79.2 Å². The van der Waals surface area contributed by atoms with E-state index in [1.54, 1.807) is 54.6 Å². The second kappa shape index (κ2) is 14.8. The summed E-state index contributed by atoms with van der Waals surface area (Å²) < 4.78 is 40.4. The number of nitro groups is 1. The van der Waals surface area contributed by atoms with Crippen molar-refractivity contribution in [3.05, 3.63) is 135 Å². The third kappa shape index (κ3) is 9.19. The molecule has 0 aromatic heterocycles. The van der Waals surface area contributed by atoms with Crippen LogP contribution in [0.3, 0.4) is 0 Å². The number of carbonyl (C=O) groups excluding carboxylic acids is 3. The van der Waals surface area contributed by atoms with Gasteiger partial charge in [0, 0.05) is 33.3 Å². The Hall–Kier alpha value is -5.14. The minimum absolute atomic E-state index is 0.128. The van der Waals surface area contributed by atoms with Gasteiger partial charge in [-0.1, -0.05) is 35.9 Å². The Bertz CT molecular complexity index is 1800. The van der Waals surface area contributed by atoms with Crippen molar-refractivity contribution in [3.8, 4) is 0 Å². The average molecular weight is 669 g/mol. The molecule has 4 rings (SSSR count). The van der Waals surface area contributed by atoms with E-state index in [1.165, 1.54) is 43.3 Å². The van der Waals surface area contributed by atoms with Crippen LogP contribution in [0.15, 0.2) is 108 Å². The molecule has 0 aliphatic heterocycles. The van der Waals surface area contributed by atoms with Gasteiger partial charge < -0.3 is 16.0 Å². The van der Waals surface area contributed by atoms with E-state index in [0.717, 1.165) is 23.9 Å². The molecule has 0 saturated heterocycles. The number of amides is 3. The van der Waals surface area contributed by atoms with Crippen molar-refractivity contribution in [2.45, 2.75) is 23.2 Å². The fourth-order valence-corrected chi connectivity index (χ4v) is 5.10. The highest BCUT2D eigenvalue weighted by Gasteiger charge is 2.34. The molecule has 46 heavy (non-hydrogen) atoms. The molecule has 1 unspecified atom stereocenters. The molecular weight excluding hydrogens is 645 g/mol. The monoisotopic (exact) mass is 668 g/mol. The summed E-state index contributed by atoms with van der Waals surface area (Å²) in [6, 6.07) is 22.9. The molecule has 236 valence electrons. The number of anilines is 2. The van der Waals surface area contributed by atoms with Gasteiger partial charge in [0.2, 0.25) is 5.91 Å². The second-order valence-electron chi connectivity index (χ2n) is 9.65. The van der Waals surface area contributed by atoms with Crippen LogP contribution in [0.1, 0.15) is 28.4 Å². The molecule has 1 atom stereocenters. The summed E-state index contributed by atoms with van der Waals surface area (Å²) in [4.78, 5) is 50.0. The predicted octanol–water partition coefficient (Wildman–Crippen LogP) is 7.80. The molecule has 0 aliphatic carbocycles. The largest absolute Gasteiger partial charge is 0.418 e. The Morgan fingerprint density at radius 3 is 2.26 bits per heavy atom. The van der Waals surface area contributed by atoms with Crippen LogP contribution in [0, 0.1) is 10.1 Å². The Morgan fingerprint density at radius 1 is 0.913 bits per heavy atom. The summed E-state index contributed by atoms with van der Waals surface area (Å²) in [5.41, 5.74) is -0.825. The van der Waals surface area contributed by atoms with E-state index in [0.29, 0.717) is 16.1 Å². The number of rotatable bonds is 10. The van der Waals surface area contributed by atoms with Gasteiger partial charge in [0.15, 0.2) is 0 Å². The highest BCUT2D eigenvalue weighted by molar-refractivity contribution is 8.00. The quantitative estimate of drug-likeness (QED) is 0.0684. The lowest BCUT2D eigenvalue weighted by molar-refractivity contribution is -0.384. The van der Waals surface area contributed by atoms with Crippen LogP contribution in [0.2, 0.25) is 5.02 Å². The zero-order valence-electron chi connectivity index (χ0n) is 23.8. The highest BCUT2D eigenvalue weighted by Crippen LogP contribution is 2.37.